The summed E-state index contributed by atoms with van der Waals surface area (Å²) in [5.41, 5.74) is 0.798. The molecule has 468 valence electrons. The smallest absolute Gasteiger partial charge is 0.407 e. The van der Waals surface area contributed by atoms with E-state index in [1.807, 2.05) is 97.8 Å². The standard InChI is InChI=1S/C59H102N8O15/c1-17-39(9)52(66(14)57(74)50(36(3)4)64-56(73)51(37(5)6)65(12)13)46(77-15)33-48(70)67-30-22-26-45(67)53(78-16)40(10)54(71)63-44(32-42-24-20-19-21-25-42)55(72)60-28-23-31-79-58(75)41(11)62-47(69)27-29-61-59(76)80-35-49(81-38(7)8)82-43(18-2)34-68/h19-21,24-25,36-41,43-46,49-53,68H,17-18,22-23,26-35H2,1-16H3,(H,60,72)(H,61,76)(H,62,69)(H,63,71)(H,64,73)/t39-,40+,41-,43?,44-,45-,46+,49?,50-,51-,52-,53+/m0/s1. The molecule has 1 fully saturated rings. The van der Waals surface area contributed by atoms with Gasteiger partial charge in [-0.2, -0.15) is 0 Å². The fourth-order valence-electron chi connectivity index (χ4n) is 10.2. The van der Waals surface area contributed by atoms with Crippen molar-refractivity contribution in [2.45, 2.75) is 194 Å². The summed E-state index contributed by atoms with van der Waals surface area (Å²) in [6.07, 6.45) is -1.28. The van der Waals surface area contributed by atoms with E-state index in [-0.39, 0.29) is 100 Å². The number of carbonyl (C=O) groups is 8. The number of ether oxygens (including phenoxy) is 6. The number of rotatable bonds is 38. The van der Waals surface area contributed by atoms with Gasteiger partial charge in [0.2, 0.25) is 35.4 Å². The minimum absolute atomic E-state index is 0.00344. The molecule has 23 nitrogen and oxygen atoms in total. The van der Waals surface area contributed by atoms with Crippen molar-refractivity contribution in [2.75, 3.05) is 74.8 Å². The number of nitrogens with zero attached hydrogens (tertiary/aromatic N) is 3. The molecule has 1 saturated heterocycles. The lowest BCUT2D eigenvalue weighted by molar-refractivity contribution is -0.209. The van der Waals surface area contributed by atoms with Crippen LogP contribution in [0, 0.1) is 23.7 Å². The monoisotopic (exact) mass is 1160 g/mol. The maximum atomic E-state index is 14.5. The highest BCUT2D eigenvalue weighted by Gasteiger charge is 2.44. The molecule has 82 heavy (non-hydrogen) atoms. The van der Waals surface area contributed by atoms with Crippen LogP contribution in [-0.4, -0.2) is 209 Å². The lowest BCUT2D eigenvalue weighted by atomic mass is 9.89. The number of amides is 7. The van der Waals surface area contributed by atoms with Crippen LogP contribution in [0.2, 0.25) is 0 Å². The van der Waals surface area contributed by atoms with Crippen LogP contribution in [0.3, 0.4) is 0 Å². The normalized spacial score (nSPS) is 17.6. The molecule has 1 aliphatic heterocycles. The number of esters is 1. The summed E-state index contributed by atoms with van der Waals surface area (Å²) < 4.78 is 33.9. The molecule has 12 atom stereocenters. The zero-order chi connectivity index (χ0) is 61.8. The zero-order valence-electron chi connectivity index (χ0n) is 52.0. The predicted molar refractivity (Wildman–Crippen MR) is 310 cm³/mol. The molecule has 0 saturated carbocycles. The van der Waals surface area contributed by atoms with Crippen molar-refractivity contribution in [3.8, 4) is 0 Å². The van der Waals surface area contributed by atoms with Crippen LogP contribution in [0.4, 0.5) is 4.79 Å². The van der Waals surface area contributed by atoms with Crippen LogP contribution in [0.5, 0.6) is 0 Å². The number of aliphatic hydroxyl groups is 1. The topological polar surface area (TPSA) is 282 Å². The Morgan fingerprint density at radius 3 is 2.00 bits per heavy atom. The van der Waals surface area contributed by atoms with Crippen molar-refractivity contribution in [1.29, 1.82) is 0 Å². The molecule has 0 aliphatic carbocycles. The third-order valence-corrected chi connectivity index (χ3v) is 14.9. The van der Waals surface area contributed by atoms with E-state index in [0.29, 0.717) is 32.2 Å². The first kappa shape index (κ1) is 72.6. The van der Waals surface area contributed by atoms with Gasteiger partial charge in [0.25, 0.3) is 0 Å². The number of likely N-dealkylation sites (tertiary alicyclic amines) is 1. The molecule has 1 aromatic carbocycles. The van der Waals surface area contributed by atoms with E-state index in [4.69, 9.17) is 28.4 Å². The third kappa shape index (κ3) is 24.0. The summed E-state index contributed by atoms with van der Waals surface area (Å²) >= 11 is 0. The summed E-state index contributed by atoms with van der Waals surface area (Å²) in [4.78, 5) is 113. The zero-order valence-corrected chi connectivity index (χ0v) is 52.0. The second-order valence-corrected chi connectivity index (χ2v) is 22.6. The Labute approximate surface area is 488 Å². The lowest BCUT2D eigenvalue weighted by Gasteiger charge is -2.41. The van der Waals surface area contributed by atoms with E-state index >= 15 is 0 Å². The van der Waals surface area contributed by atoms with Gasteiger partial charge in [-0.25, -0.2) is 9.59 Å². The second-order valence-electron chi connectivity index (χ2n) is 22.6. The summed E-state index contributed by atoms with van der Waals surface area (Å²) in [6.45, 7) is 20.2. The predicted octanol–water partition coefficient (Wildman–Crippen LogP) is 3.57. The van der Waals surface area contributed by atoms with Gasteiger partial charge in [-0.05, 0) is 83.9 Å². The summed E-state index contributed by atoms with van der Waals surface area (Å²) in [7, 11) is 8.40. The van der Waals surface area contributed by atoms with Crippen LogP contribution in [0.1, 0.15) is 127 Å². The van der Waals surface area contributed by atoms with Gasteiger partial charge in [-0.15, -0.1) is 0 Å². The number of hydrogen-bond acceptors (Lipinski definition) is 16. The van der Waals surface area contributed by atoms with Crippen molar-refractivity contribution >= 4 is 47.5 Å². The first-order valence-electron chi connectivity index (χ1n) is 29.3. The van der Waals surface area contributed by atoms with Gasteiger partial charge in [0.15, 0.2) is 6.29 Å². The molecule has 2 unspecified atom stereocenters. The van der Waals surface area contributed by atoms with Crippen LogP contribution in [-0.2, 0) is 68.4 Å². The van der Waals surface area contributed by atoms with Gasteiger partial charge in [-0.1, -0.05) is 92.1 Å². The number of nitrogens with one attached hydrogen (secondary N) is 5. The van der Waals surface area contributed by atoms with Gasteiger partial charge in [0, 0.05) is 53.7 Å². The van der Waals surface area contributed by atoms with Crippen molar-refractivity contribution in [3.63, 3.8) is 0 Å². The molecular weight excluding hydrogens is 1060 g/mol. The molecular formula is C59H102N8O15. The largest absolute Gasteiger partial charge is 0.464 e. The third-order valence-electron chi connectivity index (χ3n) is 14.9. The molecule has 0 aromatic heterocycles. The quantitative estimate of drug-likeness (QED) is 0.0314. The van der Waals surface area contributed by atoms with E-state index in [2.05, 4.69) is 26.6 Å². The molecule has 1 aromatic rings. The van der Waals surface area contributed by atoms with Crippen LogP contribution >= 0.6 is 0 Å². The van der Waals surface area contributed by atoms with E-state index in [1.165, 1.54) is 21.1 Å². The summed E-state index contributed by atoms with van der Waals surface area (Å²) in [5, 5.41) is 23.3. The van der Waals surface area contributed by atoms with Gasteiger partial charge >= 0.3 is 12.1 Å². The SMILES string of the molecule is CCC(CO)OC(COC(=O)NCCC(=O)N[C@@H](C)C(=O)OCCCNC(=O)[C@H](Cc1ccccc1)NC(=O)[C@H](C)[C@@H](OC)[C@@H]1CCCN1C(=O)C[C@@H](OC)[C@H]([C@@H](C)CC)N(C)C(=O)[C@@H](NC(=O)[C@H](C(C)C)N(C)C)C(C)C)OC(C)C. The van der Waals surface area contributed by atoms with E-state index in [1.54, 1.807) is 37.6 Å². The van der Waals surface area contributed by atoms with Gasteiger partial charge in [0.1, 0.15) is 24.7 Å². The average Bonchev–Trinajstić information content (AvgIpc) is 4.07. The molecule has 23 heteroatoms. The highest BCUT2D eigenvalue weighted by atomic mass is 16.7. The Balaban J connectivity index is 2.06. The fraction of sp³-hybridized carbons (Fsp3) is 0.763. The minimum atomic E-state index is -1.01. The molecule has 6 N–H and O–H groups in total. The molecule has 2 rings (SSSR count). The van der Waals surface area contributed by atoms with E-state index in [0.717, 1.165) is 5.56 Å². The summed E-state index contributed by atoms with van der Waals surface area (Å²) in [6, 6.07) is 4.92. The van der Waals surface area contributed by atoms with Crippen LogP contribution < -0.4 is 26.6 Å². The minimum Gasteiger partial charge on any atom is -0.464 e. The van der Waals surface area contributed by atoms with Gasteiger partial charge < -0.3 is 69.9 Å². The maximum absolute atomic E-state index is 14.5. The molecule has 7 amide bonds. The van der Waals surface area contributed by atoms with Crippen LogP contribution in [0.15, 0.2) is 30.3 Å². The molecule has 0 radical (unpaired) electrons. The lowest BCUT2D eigenvalue weighted by Crippen LogP contribution is -2.59. The Hall–Kier alpha value is -5.46. The van der Waals surface area contributed by atoms with Crippen molar-refractivity contribution in [3.05, 3.63) is 35.9 Å². The van der Waals surface area contributed by atoms with E-state index < -0.39 is 96.6 Å². The Morgan fingerprint density at radius 1 is 0.768 bits per heavy atom. The van der Waals surface area contributed by atoms with E-state index in [9.17, 15) is 43.5 Å². The summed E-state index contributed by atoms with van der Waals surface area (Å²) in [5.74, 6) is -4.02. The number of likely N-dealkylation sites (N-methyl/N-ethyl adjacent to an activating group) is 2. The Bertz CT molecular complexity index is 2110. The van der Waals surface area contributed by atoms with Gasteiger partial charge in [-0.3, -0.25) is 33.7 Å². The molecule has 0 bridgehead atoms. The fourth-order valence-corrected chi connectivity index (χ4v) is 10.2. The molecule has 1 heterocycles. The number of methoxy groups -OCH3 is 2. The first-order valence-corrected chi connectivity index (χ1v) is 29.3. The molecule has 1 aliphatic rings. The number of carbonyl (C=O) groups excluding carboxylic acids is 8. The Kier molecular flexibility index (Phi) is 33.4. The van der Waals surface area contributed by atoms with Crippen molar-refractivity contribution in [1.82, 2.24) is 41.3 Å². The number of benzene rings is 1. The second kappa shape index (κ2) is 37.7. The van der Waals surface area contributed by atoms with Gasteiger partial charge in [0.05, 0.1) is 68.1 Å². The maximum Gasteiger partial charge on any atom is 0.407 e. The highest BCUT2D eigenvalue weighted by molar-refractivity contribution is 5.91. The van der Waals surface area contributed by atoms with Crippen molar-refractivity contribution in [2.24, 2.45) is 23.7 Å². The average molecular weight is 1160 g/mol. The number of hydrogen-bond donors (Lipinski definition) is 6. The number of aliphatic hydroxyl groups excluding tert-OH is 1. The Morgan fingerprint density at radius 2 is 1.44 bits per heavy atom. The van der Waals surface area contributed by atoms with Crippen LogP contribution in [0.25, 0.3) is 0 Å². The molecule has 0 spiro atoms. The highest BCUT2D eigenvalue weighted by Crippen LogP contribution is 2.30. The number of alkyl carbamates (subject to hydrolysis) is 1. The first-order chi connectivity index (χ1) is 38.8. The van der Waals surface area contributed by atoms with Crippen molar-refractivity contribution < 1.29 is 71.9 Å².